The molecule has 26 heavy (non-hydrogen) atoms. The summed E-state index contributed by atoms with van der Waals surface area (Å²) < 4.78 is 10.8. The monoisotopic (exact) mass is 354 g/mol. The molecule has 0 aliphatic heterocycles. The van der Waals surface area contributed by atoms with Crippen LogP contribution < -0.4 is 20.1 Å². The Morgan fingerprint density at radius 3 is 2.62 bits per heavy atom. The van der Waals surface area contributed by atoms with Crippen molar-refractivity contribution >= 4 is 17.5 Å². The van der Waals surface area contributed by atoms with E-state index < -0.39 is 0 Å². The Balaban J connectivity index is 1.62. The van der Waals surface area contributed by atoms with Crippen LogP contribution in [0.1, 0.15) is 28.8 Å². The lowest BCUT2D eigenvalue weighted by molar-refractivity contribution is -0.118. The van der Waals surface area contributed by atoms with E-state index in [1.54, 1.807) is 37.4 Å². The fourth-order valence-corrected chi connectivity index (χ4v) is 2.50. The molecule has 0 spiro atoms. The molecule has 1 saturated carbocycles. The van der Waals surface area contributed by atoms with Crippen LogP contribution in [0.2, 0.25) is 0 Å². The molecular formula is C20H22N2O4. The number of aryl methyl sites for hydroxylation is 1. The van der Waals surface area contributed by atoms with Crippen LogP contribution in [0, 0.1) is 6.92 Å². The highest BCUT2D eigenvalue weighted by Gasteiger charge is 2.25. The lowest BCUT2D eigenvalue weighted by Crippen LogP contribution is -2.28. The van der Waals surface area contributed by atoms with Crippen LogP contribution >= 0.6 is 0 Å². The molecule has 3 rings (SSSR count). The summed E-state index contributed by atoms with van der Waals surface area (Å²) in [6.07, 6.45) is 2.01. The summed E-state index contributed by atoms with van der Waals surface area (Å²) in [7, 11) is 1.55. The van der Waals surface area contributed by atoms with Crippen LogP contribution in [0.4, 0.5) is 5.69 Å². The summed E-state index contributed by atoms with van der Waals surface area (Å²) in [5.74, 6) is 0.541. The predicted molar refractivity (Wildman–Crippen MR) is 98.8 cm³/mol. The third kappa shape index (κ3) is 4.53. The Bertz CT molecular complexity index is 815. The van der Waals surface area contributed by atoms with Crippen molar-refractivity contribution < 1.29 is 19.1 Å². The minimum absolute atomic E-state index is 0.176. The lowest BCUT2D eigenvalue weighted by Gasteiger charge is -2.13. The van der Waals surface area contributed by atoms with E-state index in [0.29, 0.717) is 22.7 Å². The minimum Gasteiger partial charge on any atom is -0.493 e. The molecule has 2 amide bonds. The number of ether oxygens (including phenoxy) is 2. The van der Waals surface area contributed by atoms with E-state index in [2.05, 4.69) is 10.6 Å². The van der Waals surface area contributed by atoms with E-state index in [9.17, 15) is 9.59 Å². The van der Waals surface area contributed by atoms with Crippen molar-refractivity contribution in [2.45, 2.75) is 25.8 Å². The van der Waals surface area contributed by atoms with Gasteiger partial charge in [0.05, 0.1) is 18.4 Å². The van der Waals surface area contributed by atoms with Crippen LogP contribution in [0.25, 0.3) is 0 Å². The van der Waals surface area contributed by atoms with Gasteiger partial charge in [0.15, 0.2) is 18.1 Å². The smallest absolute Gasteiger partial charge is 0.262 e. The Kier molecular flexibility index (Phi) is 5.41. The second kappa shape index (κ2) is 7.91. The van der Waals surface area contributed by atoms with E-state index in [0.717, 1.165) is 18.4 Å². The van der Waals surface area contributed by atoms with Crippen molar-refractivity contribution in [3.63, 3.8) is 0 Å². The summed E-state index contributed by atoms with van der Waals surface area (Å²) in [5.41, 5.74) is 1.95. The highest BCUT2D eigenvalue weighted by Crippen LogP contribution is 2.27. The number of carbonyl (C=O) groups excluding carboxylic acids is 2. The van der Waals surface area contributed by atoms with Gasteiger partial charge >= 0.3 is 0 Å². The maximum atomic E-state index is 12.3. The third-order valence-electron chi connectivity index (χ3n) is 4.04. The van der Waals surface area contributed by atoms with Crippen molar-refractivity contribution in [2.75, 3.05) is 19.0 Å². The van der Waals surface area contributed by atoms with Crippen molar-refractivity contribution in [3.8, 4) is 11.5 Å². The van der Waals surface area contributed by atoms with E-state index in [4.69, 9.17) is 9.47 Å². The molecule has 2 aromatic carbocycles. The van der Waals surface area contributed by atoms with Gasteiger partial charge in [0, 0.05) is 6.04 Å². The first kappa shape index (κ1) is 17.8. The second-order valence-corrected chi connectivity index (χ2v) is 6.28. The van der Waals surface area contributed by atoms with Crippen molar-refractivity contribution in [3.05, 3.63) is 53.6 Å². The summed E-state index contributed by atoms with van der Waals surface area (Å²) in [5, 5.41) is 5.66. The van der Waals surface area contributed by atoms with Gasteiger partial charge in [-0.25, -0.2) is 0 Å². The summed E-state index contributed by atoms with van der Waals surface area (Å²) >= 11 is 0. The molecular weight excluding hydrogens is 332 g/mol. The fraction of sp³-hybridized carbons (Fsp3) is 0.300. The molecule has 2 N–H and O–H groups in total. The van der Waals surface area contributed by atoms with Gasteiger partial charge in [0.2, 0.25) is 0 Å². The largest absolute Gasteiger partial charge is 0.493 e. The van der Waals surface area contributed by atoms with Gasteiger partial charge < -0.3 is 20.1 Å². The highest BCUT2D eigenvalue weighted by atomic mass is 16.5. The molecule has 0 aromatic heterocycles. The lowest BCUT2D eigenvalue weighted by atomic mass is 10.1. The van der Waals surface area contributed by atoms with E-state index >= 15 is 0 Å². The zero-order valence-corrected chi connectivity index (χ0v) is 14.9. The number of methoxy groups -OCH3 is 1. The number of hydrogen-bond acceptors (Lipinski definition) is 4. The first-order valence-corrected chi connectivity index (χ1v) is 8.54. The van der Waals surface area contributed by atoms with Crippen LogP contribution in [0.15, 0.2) is 42.5 Å². The maximum absolute atomic E-state index is 12.3. The Labute approximate surface area is 152 Å². The van der Waals surface area contributed by atoms with Gasteiger partial charge in [-0.3, -0.25) is 9.59 Å². The first-order valence-electron chi connectivity index (χ1n) is 8.54. The molecule has 1 aliphatic rings. The molecule has 6 nitrogen and oxygen atoms in total. The summed E-state index contributed by atoms with van der Waals surface area (Å²) in [6.45, 7) is 1.76. The molecule has 6 heteroatoms. The van der Waals surface area contributed by atoms with Crippen molar-refractivity contribution in [2.24, 2.45) is 0 Å². The highest BCUT2D eigenvalue weighted by molar-refractivity contribution is 6.04. The zero-order chi connectivity index (χ0) is 18.5. The number of benzene rings is 2. The molecule has 0 atom stereocenters. The van der Waals surface area contributed by atoms with Gasteiger partial charge in [0.25, 0.3) is 11.8 Å². The van der Waals surface area contributed by atoms with Gasteiger partial charge in [-0.2, -0.15) is 0 Å². The number of rotatable bonds is 7. The molecule has 136 valence electrons. The second-order valence-electron chi connectivity index (χ2n) is 6.28. The van der Waals surface area contributed by atoms with Gasteiger partial charge in [-0.15, -0.1) is 0 Å². The number of amides is 2. The number of hydrogen-bond donors (Lipinski definition) is 2. The Hall–Kier alpha value is -3.02. The summed E-state index contributed by atoms with van der Waals surface area (Å²) in [4.78, 5) is 24.5. The summed E-state index contributed by atoms with van der Waals surface area (Å²) in [6, 6.07) is 12.7. The zero-order valence-electron chi connectivity index (χ0n) is 14.9. The van der Waals surface area contributed by atoms with Crippen LogP contribution in [-0.4, -0.2) is 31.6 Å². The number of anilines is 1. The van der Waals surface area contributed by atoms with Gasteiger partial charge in [-0.05, 0) is 49.6 Å². The minimum atomic E-state index is -0.348. The SMILES string of the molecule is COc1cc(C)ccc1OCC(=O)Nc1ccccc1C(=O)NC1CC1. The topological polar surface area (TPSA) is 76.7 Å². The van der Waals surface area contributed by atoms with Crippen LogP contribution in [0.3, 0.4) is 0 Å². The quantitative estimate of drug-likeness (QED) is 0.801. The average Bonchev–Trinajstić information content (AvgIpc) is 3.45. The molecule has 0 saturated heterocycles. The van der Waals surface area contributed by atoms with E-state index in [1.165, 1.54) is 0 Å². The molecule has 0 radical (unpaired) electrons. The van der Waals surface area contributed by atoms with Crippen molar-refractivity contribution in [1.82, 2.24) is 5.32 Å². The number of carbonyl (C=O) groups is 2. The molecule has 0 heterocycles. The van der Waals surface area contributed by atoms with Crippen LogP contribution in [-0.2, 0) is 4.79 Å². The maximum Gasteiger partial charge on any atom is 0.262 e. The Morgan fingerprint density at radius 1 is 1.12 bits per heavy atom. The molecule has 1 aliphatic carbocycles. The predicted octanol–water partition coefficient (Wildman–Crippen LogP) is 2.91. The molecule has 0 bridgehead atoms. The fourth-order valence-electron chi connectivity index (χ4n) is 2.50. The third-order valence-corrected chi connectivity index (χ3v) is 4.04. The standard InChI is InChI=1S/C20H22N2O4/c1-13-7-10-17(18(11-13)25-2)26-12-19(23)22-16-6-4-3-5-15(16)20(24)21-14-8-9-14/h3-7,10-11,14H,8-9,12H2,1-2H3,(H,21,24)(H,22,23). The first-order chi connectivity index (χ1) is 12.6. The average molecular weight is 354 g/mol. The number of para-hydroxylation sites is 1. The van der Waals surface area contributed by atoms with Crippen molar-refractivity contribution in [1.29, 1.82) is 0 Å². The number of nitrogens with one attached hydrogen (secondary N) is 2. The van der Waals surface area contributed by atoms with Gasteiger partial charge in [-0.1, -0.05) is 18.2 Å². The molecule has 1 fully saturated rings. The van der Waals surface area contributed by atoms with E-state index in [-0.39, 0.29) is 24.5 Å². The molecule has 2 aromatic rings. The van der Waals surface area contributed by atoms with Crippen LogP contribution in [0.5, 0.6) is 11.5 Å². The normalized spacial score (nSPS) is 13.0. The Morgan fingerprint density at radius 2 is 1.88 bits per heavy atom. The van der Waals surface area contributed by atoms with E-state index in [1.807, 2.05) is 19.1 Å². The molecule has 0 unspecified atom stereocenters. The van der Waals surface area contributed by atoms with Gasteiger partial charge in [0.1, 0.15) is 0 Å².